The first-order valence-electron chi connectivity index (χ1n) is 3.31. The molecule has 0 saturated carbocycles. The zero-order chi connectivity index (χ0) is 8.97. The van der Waals surface area contributed by atoms with Crippen molar-refractivity contribution in [3.8, 4) is 0 Å². The van der Waals surface area contributed by atoms with E-state index in [9.17, 15) is 4.79 Å². The largest absolute Gasteiger partial charge is 0.369 e. The Morgan fingerprint density at radius 1 is 1.67 bits per heavy atom. The highest BCUT2D eigenvalue weighted by Crippen LogP contribution is 2.06. The number of amides is 1. The van der Waals surface area contributed by atoms with Crippen LogP contribution in [0.25, 0.3) is 0 Å². The Labute approximate surface area is 69.2 Å². The molecule has 1 aromatic rings. The summed E-state index contributed by atoms with van der Waals surface area (Å²) in [5.74, 6) is -1.36. The SMILES string of the molecule is N=CC(C(N)=O)c1cnccn1. The average molecular weight is 164 g/mol. The third-order valence-electron chi connectivity index (χ3n) is 1.37. The van der Waals surface area contributed by atoms with Crippen molar-refractivity contribution in [2.45, 2.75) is 5.92 Å². The van der Waals surface area contributed by atoms with Crippen LogP contribution in [-0.2, 0) is 4.79 Å². The van der Waals surface area contributed by atoms with Gasteiger partial charge in [-0.15, -0.1) is 0 Å². The van der Waals surface area contributed by atoms with E-state index >= 15 is 0 Å². The number of nitrogens with two attached hydrogens (primary N) is 1. The van der Waals surface area contributed by atoms with Gasteiger partial charge in [-0.25, -0.2) is 0 Å². The zero-order valence-corrected chi connectivity index (χ0v) is 6.27. The van der Waals surface area contributed by atoms with Crippen LogP contribution in [0.3, 0.4) is 0 Å². The van der Waals surface area contributed by atoms with Gasteiger partial charge in [-0.05, 0) is 0 Å². The molecular weight excluding hydrogens is 156 g/mol. The van der Waals surface area contributed by atoms with Gasteiger partial charge in [0.05, 0.1) is 5.69 Å². The van der Waals surface area contributed by atoms with Gasteiger partial charge in [0.15, 0.2) is 0 Å². The first-order valence-corrected chi connectivity index (χ1v) is 3.31. The van der Waals surface area contributed by atoms with Gasteiger partial charge in [-0.3, -0.25) is 14.8 Å². The van der Waals surface area contributed by atoms with E-state index in [1.54, 1.807) is 0 Å². The molecule has 0 saturated heterocycles. The second kappa shape index (κ2) is 3.56. The van der Waals surface area contributed by atoms with Crippen LogP contribution < -0.4 is 5.73 Å². The standard InChI is InChI=1S/C7H8N4O/c8-3-5(7(9)12)6-4-10-1-2-11-6/h1-5,8H,(H2,9,12). The van der Waals surface area contributed by atoms with Crippen molar-refractivity contribution in [2.75, 3.05) is 0 Å². The second-order valence-electron chi connectivity index (χ2n) is 2.18. The van der Waals surface area contributed by atoms with Crippen molar-refractivity contribution >= 4 is 12.1 Å². The minimum absolute atomic E-state index is 0.403. The maximum absolute atomic E-state index is 10.7. The Kier molecular flexibility index (Phi) is 2.47. The van der Waals surface area contributed by atoms with Crippen molar-refractivity contribution in [2.24, 2.45) is 5.73 Å². The van der Waals surface area contributed by atoms with E-state index in [0.29, 0.717) is 5.69 Å². The van der Waals surface area contributed by atoms with E-state index in [-0.39, 0.29) is 0 Å². The lowest BCUT2D eigenvalue weighted by atomic mass is 10.1. The molecule has 1 rings (SSSR count). The first-order chi connectivity index (χ1) is 5.75. The van der Waals surface area contributed by atoms with Crippen LogP contribution in [0.2, 0.25) is 0 Å². The molecule has 0 bridgehead atoms. The molecule has 5 heteroatoms. The maximum Gasteiger partial charge on any atom is 0.232 e. The fraction of sp³-hybridized carbons (Fsp3) is 0.143. The first kappa shape index (κ1) is 8.32. The molecule has 3 N–H and O–H groups in total. The Hall–Kier alpha value is -1.78. The van der Waals surface area contributed by atoms with Crippen molar-refractivity contribution in [3.05, 3.63) is 24.3 Å². The summed E-state index contributed by atoms with van der Waals surface area (Å²) in [5.41, 5.74) is 5.42. The summed E-state index contributed by atoms with van der Waals surface area (Å²) in [6.45, 7) is 0. The van der Waals surface area contributed by atoms with Gasteiger partial charge >= 0.3 is 0 Å². The lowest BCUT2D eigenvalue weighted by Gasteiger charge is -2.03. The van der Waals surface area contributed by atoms with Gasteiger partial charge in [-0.2, -0.15) is 0 Å². The molecule has 0 aliphatic heterocycles. The minimum Gasteiger partial charge on any atom is -0.369 e. The smallest absolute Gasteiger partial charge is 0.232 e. The van der Waals surface area contributed by atoms with Gasteiger partial charge < -0.3 is 11.1 Å². The topological polar surface area (TPSA) is 92.7 Å². The number of nitrogens with zero attached hydrogens (tertiary/aromatic N) is 2. The molecular formula is C7H8N4O. The number of hydrogen-bond acceptors (Lipinski definition) is 4. The van der Waals surface area contributed by atoms with Crippen LogP contribution in [-0.4, -0.2) is 22.1 Å². The number of primary amides is 1. The summed E-state index contributed by atoms with van der Waals surface area (Å²) < 4.78 is 0. The zero-order valence-electron chi connectivity index (χ0n) is 6.27. The Morgan fingerprint density at radius 2 is 2.42 bits per heavy atom. The summed E-state index contributed by atoms with van der Waals surface area (Å²) in [5, 5.41) is 6.93. The van der Waals surface area contributed by atoms with E-state index in [0.717, 1.165) is 6.21 Å². The molecule has 1 aromatic heterocycles. The molecule has 0 radical (unpaired) electrons. The molecule has 1 amide bonds. The summed E-state index contributed by atoms with van der Waals surface area (Å²) in [7, 11) is 0. The van der Waals surface area contributed by atoms with Gasteiger partial charge in [0.25, 0.3) is 0 Å². The van der Waals surface area contributed by atoms with Crippen LogP contribution >= 0.6 is 0 Å². The fourth-order valence-electron chi connectivity index (χ4n) is 0.784. The summed E-state index contributed by atoms with van der Waals surface area (Å²) in [6.07, 6.45) is 5.31. The molecule has 1 unspecified atom stereocenters. The van der Waals surface area contributed by atoms with Crippen LogP contribution in [0, 0.1) is 5.41 Å². The van der Waals surface area contributed by atoms with Gasteiger partial charge in [-0.1, -0.05) is 0 Å². The number of carbonyl (C=O) groups is 1. The molecule has 0 spiro atoms. The molecule has 5 nitrogen and oxygen atoms in total. The van der Waals surface area contributed by atoms with Gasteiger partial charge in [0.2, 0.25) is 5.91 Å². The van der Waals surface area contributed by atoms with E-state index in [1.807, 2.05) is 0 Å². The third kappa shape index (κ3) is 1.63. The van der Waals surface area contributed by atoms with Crippen molar-refractivity contribution in [3.63, 3.8) is 0 Å². The maximum atomic E-state index is 10.7. The molecule has 0 aliphatic carbocycles. The second-order valence-corrected chi connectivity index (χ2v) is 2.18. The fourth-order valence-corrected chi connectivity index (χ4v) is 0.784. The van der Waals surface area contributed by atoms with Crippen LogP contribution in [0.4, 0.5) is 0 Å². The predicted octanol–water partition coefficient (Wildman–Crippen LogP) is -0.305. The number of nitrogens with one attached hydrogen (secondary N) is 1. The highest BCUT2D eigenvalue weighted by molar-refractivity contribution is 5.96. The number of rotatable bonds is 3. The Bertz CT molecular complexity index is 285. The molecule has 1 heterocycles. The van der Waals surface area contributed by atoms with Gasteiger partial charge in [0, 0.05) is 24.8 Å². The summed E-state index contributed by atoms with van der Waals surface area (Å²) in [4.78, 5) is 18.4. The number of carbonyl (C=O) groups excluding carboxylic acids is 1. The van der Waals surface area contributed by atoms with Crippen molar-refractivity contribution < 1.29 is 4.79 Å². The highest BCUT2D eigenvalue weighted by atomic mass is 16.1. The monoisotopic (exact) mass is 164 g/mol. The molecule has 0 fully saturated rings. The number of hydrogen-bond donors (Lipinski definition) is 2. The normalized spacial score (nSPS) is 12.0. The van der Waals surface area contributed by atoms with E-state index in [4.69, 9.17) is 11.1 Å². The van der Waals surface area contributed by atoms with Crippen LogP contribution in [0.1, 0.15) is 11.6 Å². The minimum atomic E-state index is -0.765. The van der Waals surface area contributed by atoms with Crippen LogP contribution in [0.15, 0.2) is 18.6 Å². The summed E-state index contributed by atoms with van der Waals surface area (Å²) >= 11 is 0. The molecule has 0 aromatic carbocycles. The van der Waals surface area contributed by atoms with Crippen molar-refractivity contribution in [1.29, 1.82) is 5.41 Å². The average Bonchev–Trinajstić information content (AvgIpc) is 2.07. The lowest BCUT2D eigenvalue weighted by Crippen LogP contribution is -2.23. The van der Waals surface area contributed by atoms with E-state index in [1.165, 1.54) is 18.6 Å². The van der Waals surface area contributed by atoms with E-state index in [2.05, 4.69) is 9.97 Å². The van der Waals surface area contributed by atoms with Crippen molar-refractivity contribution in [1.82, 2.24) is 9.97 Å². The third-order valence-corrected chi connectivity index (χ3v) is 1.37. The summed E-state index contributed by atoms with van der Waals surface area (Å²) in [6, 6.07) is 0. The van der Waals surface area contributed by atoms with Gasteiger partial charge in [0.1, 0.15) is 5.92 Å². The molecule has 12 heavy (non-hydrogen) atoms. The number of aromatic nitrogens is 2. The lowest BCUT2D eigenvalue weighted by molar-refractivity contribution is -0.118. The quantitative estimate of drug-likeness (QED) is 0.600. The molecule has 62 valence electrons. The Morgan fingerprint density at radius 3 is 2.83 bits per heavy atom. The highest BCUT2D eigenvalue weighted by Gasteiger charge is 2.15. The molecule has 1 atom stereocenters. The Balaban J connectivity index is 2.95. The van der Waals surface area contributed by atoms with Crippen LogP contribution in [0.5, 0.6) is 0 Å². The predicted molar refractivity (Wildman–Crippen MR) is 42.8 cm³/mol. The van der Waals surface area contributed by atoms with E-state index < -0.39 is 11.8 Å². The molecule has 0 aliphatic rings.